The number of nitrogens with two attached hydrogens (primary N) is 1. The van der Waals surface area contributed by atoms with Crippen molar-refractivity contribution >= 4 is 0 Å². The summed E-state index contributed by atoms with van der Waals surface area (Å²) in [5.74, 6) is 0. The first-order valence-electron chi connectivity index (χ1n) is 5.31. The Morgan fingerprint density at radius 3 is 2.35 bits per heavy atom. The molecule has 0 fully saturated rings. The Kier molecular flexibility index (Phi) is 3.20. The van der Waals surface area contributed by atoms with Gasteiger partial charge in [0.05, 0.1) is 0 Å². The molecule has 0 saturated heterocycles. The van der Waals surface area contributed by atoms with Gasteiger partial charge >= 0.3 is 11.1 Å². The van der Waals surface area contributed by atoms with Gasteiger partial charge in [-0.05, 0) is 12.1 Å². The number of hydrogen-bond donors (Lipinski definition) is 1. The fourth-order valence-corrected chi connectivity index (χ4v) is 1.62. The molecule has 0 aliphatic rings. The first kappa shape index (κ1) is 11.3. The lowest BCUT2D eigenvalue weighted by molar-refractivity contribution is 0.656. The predicted octanol–water partition coefficient (Wildman–Crippen LogP) is -0.0421. The zero-order valence-electron chi connectivity index (χ0n) is 9.24. The van der Waals surface area contributed by atoms with Crippen molar-refractivity contribution in [3.8, 4) is 5.69 Å². The summed E-state index contributed by atoms with van der Waals surface area (Å²) in [6.45, 7) is 0.679. The standard InChI is InChI=1S/C12H13N3O2/c13-6-7-14-8-9-15(12(17)11(14)16)10-4-2-1-3-5-10/h1-5,8-9H,6-7,13H2. The minimum absolute atomic E-state index is 0.328. The Hall–Kier alpha value is -2.14. The summed E-state index contributed by atoms with van der Waals surface area (Å²) in [6, 6.07) is 9.02. The Bertz CT molecular complexity index is 614. The highest BCUT2D eigenvalue weighted by Crippen LogP contribution is 2.01. The smallest absolute Gasteiger partial charge is 0.320 e. The SMILES string of the molecule is NCCn1ccn(-c2ccccc2)c(=O)c1=O. The highest BCUT2D eigenvalue weighted by atomic mass is 16.2. The van der Waals surface area contributed by atoms with Gasteiger partial charge in [-0.1, -0.05) is 18.2 Å². The number of nitrogens with zero attached hydrogens (tertiary/aromatic N) is 2. The van der Waals surface area contributed by atoms with Crippen LogP contribution in [0.3, 0.4) is 0 Å². The van der Waals surface area contributed by atoms with E-state index in [9.17, 15) is 9.59 Å². The van der Waals surface area contributed by atoms with E-state index in [1.165, 1.54) is 9.13 Å². The lowest BCUT2D eigenvalue weighted by Crippen LogP contribution is -2.40. The number of hydrogen-bond acceptors (Lipinski definition) is 3. The van der Waals surface area contributed by atoms with Crippen LogP contribution in [0.2, 0.25) is 0 Å². The van der Waals surface area contributed by atoms with Gasteiger partial charge in [-0.15, -0.1) is 0 Å². The average molecular weight is 231 g/mol. The van der Waals surface area contributed by atoms with Gasteiger partial charge in [-0.2, -0.15) is 0 Å². The molecule has 1 heterocycles. The number of rotatable bonds is 3. The zero-order chi connectivity index (χ0) is 12.3. The normalized spacial score (nSPS) is 10.4. The molecule has 17 heavy (non-hydrogen) atoms. The molecular weight excluding hydrogens is 218 g/mol. The van der Waals surface area contributed by atoms with Gasteiger partial charge < -0.3 is 10.3 Å². The van der Waals surface area contributed by atoms with Crippen LogP contribution in [0.1, 0.15) is 0 Å². The number of aromatic nitrogens is 2. The van der Waals surface area contributed by atoms with E-state index in [4.69, 9.17) is 5.73 Å². The second-order valence-electron chi connectivity index (χ2n) is 3.60. The van der Waals surface area contributed by atoms with Gasteiger partial charge in [0.2, 0.25) is 0 Å². The Labute approximate surface area is 97.7 Å². The van der Waals surface area contributed by atoms with Crippen LogP contribution < -0.4 is 16.9 Å². The third-order valence-corrected chi connectivity index (χ3v) is 2.46. The Balaban J connectivity index is 2.56. The van der Waals surface area contributed by atoms with Crippen molar-refractivity contribution in [2.45, 2.75) is 6.54 Å². The molecule has 0 bridgehead atoms. The fourth-order valence-electron chi connectivity index (χ4n) is 1.62. The van der Waals surface area contributed by atoms with Crippen LogP contribution in [-0.2, 0) is 6.54 Å². The maximum Gasteiger partial charge on any atom is 0.320 e. The molecule has 5 nitrogen and oxygen atoms in total. The average Bonchev–Trinajstić information content (AvgIpc) is 2.36. The molecule has 0 aliphatic heterocycles. The summed E-state index contributed by atoms with van der Waals surface area (Å²) in [4.78, 5) is 23.6. The minimum atomic E-state index is -0.563. The second-order valence-corrected chi connectivity index (χ2v) is 3.60. The molecule has 1 aromatic carbocycles. The molecule has 2 aromatic rings. The van der Waals surface area contributed by atoms with E-state index in [1.807, 2.05) is 18.2 Å². The summed E-state index contributed by atoms with van der Waals surface area (Å²) in [5.41, 5.74) is 4.92. The molecule has 0 spiro atoms. The van der Waals surface area contributed by atoms with E-state index in [0.29, 0.717) is 18.8 Å². The lowest BCUT2D eigenvalue weighted by atomic mass is 10.3. The van der Waals surface area contributed by atoms with Crippen molar-refractivity contribution in [1.29, 1.82) is 0 Å². The molecule has 2 rings (SSSR count). The zero-order valence-corrected chi connectivity index (χ0v) is 9.24. The van der Waals surface area contributed by atoms with Gasteiger partial charge in [0.25, 0.3) is 0 Å². The van der Waals surface area contributed by atoms with Crippen LogP contribution in [0.5, 0.6) is 0 Å². The van der Waals surface area contributed by atoms with E-state index in [0.717, 1.165) is 0 Å². The van der Waals surface area contributed by atoms with Crippen molar-refractivity contribution < 1.29 is 0 Å². The molecular formula is C12H13N3O2. The first-order valence-corrected chi connectivity index (χ1v) is 5.31. The van der Waals surface area contributed by atoms with E-state index in [2.05, 4.69) is 0 Å². The molecule has 88 valence electrons. The third-order valence-electron chi connectivity index (χ3n) is 2.46. The van der Waals surface area contributed by atoms with Crippen molar-refractivity contribution in [2.24, 2.45) is 5.73 Å². The Morgan fingerprint density at radius 2 is 1.71 bits per heavy atom. The summed E-state index contributed by atoms with van der Waals surface area (Å²) < 4.78 is 2.65. The number of benzene rings is 1. The molecule has 0 unspecified atom stereocenters. The van der Waals surface area contributed by atoms with Crippen LogP contribution in [0.4, 0.5) is 0 Å². The van der Waals surface area contributed by atoms with Gasteiger partial charge in [0.15, 0.2) is 0 Å². The predicted molar refractivity (Wildman–Crippen MR) is 65.4 cm³/mol. The van der Waals surface area contributed by atoms with Crippen LogP contribution in [0.15, 0.2) is 52.3 Å². The second kappa shape index (κ2) is 4.80. The summed E-state index contributed by atoms with van der Waals surface area (Å²) in [5, 5.41) is 0. The molecule has 2 N–H and O–H groups in total. The van der Waals surface area contributed by atoms with E-state index < -0.39 is 11.1 Å². The number of para-hydroxylation sites is 1. The van der Waals surface area contributed by atoms with Gasteiger partial charge in [0.1, 0.15) is 0 Å². The van der Waals surface area contributed by atoms with Gasteiger partial charge in [-0.25, -0.2) is 0 Å². The molecule has 0 atom stereocenters. The van der Waals surface area contributed by atoms with Crippen molar-refractivity contribution in [3.05, 3.63) is 63.4 Å². The molecule has 0 aliphatic carbocycles. The summed E-state index contributed by atoms with van der Waals surface area (Å²) in [7, 11) is 0. The Morgan fingerprint density at radius 1 is 1.00 bits per heavy atom. The summed E-state index contributed by atoms with van der Waals surface area (Å²) >= 11 is 0. The van der Waals surface area contributed by atoms with E-state index in [-0.39, 0.29) is 0 Å². The topological polar surface area (TPSA) is 70.0 Å². The molecule has 0 radical (unpaired) electrons. The fraction of sp³-hybridized carbons (Fsp3) is 0.167. The molecule has 0 amide bonds. The summed E-state index contributed by atoms with van der Waals surface area (Å²) in [6.07, 6.45) is 3.15. The first-order chi connectivity index (χ1) is 8.24. The maximum atomic E-state index is 11.9. The van der Waals surface area contributed by atoms with E-state index in [1.54, 1.807) is 24.5 Å². The molecule has 5 heteroatoms. The highest BCUT2D eigenvalue weighted by Gasteiger charge is 2.05. The quantitative estimate of drug-likeness (QED) is 0.753. The van der Waals surface area contributed by atoms with Crippen LogP contribution in [0, 0.1) is 0 Å². The minimum Gasteiger partial charge on any atom is -0.329 e. The molecule has 1 aromatic heterocycles. The van der Waals surface area contributed by atoms with Crippen LogP contribution >= 0.6 is 0 Å². The largest absolute Gasteiger partial charge is 0.329 e. The molecule has 0 saturated carbocycles. The monoisotopic (exact) mass is 231 g/mol. The maximum absolute atomic E-state index is 11.9. The van der Waals surface area contributed by atoms with E-state index >= 15 is 0 Å². The third kappa shape index (κ3) is 2.19. The highest BCUT2D eigenvalue weighted by molar-refractivity contribution is 5.30. The van der Waals surface area contributed by atoms with Crippen molar-refractivity contribution in [2.75, 3.05) is 6.54 Å². The van der Waals surface area contributed by atoms with Crippen molar-refractivity contribution in [1.82, 2.24) is 9.13 Å². The van der Waals surface area contributed by atoms with Gasteiger partial charge in [0, 0.05) is 31.2 Å². The van der Waals surface area contributed by atoms with Crippen LogP contribution in [-0.4, -0.2) is 15.7 Å². The van der Waals surface area contributed by atoms with Crippen molar-refractivity contribution in [3.63, 3.8) is 0 Å². The lowest BCUT2D eigenvalue weighted by Gasteiger charge is -2.07. The van der Waals surface area contributed by atoms with Crippen LogP contribution in [0.25, 0.3) is 5.69 Å². The van der Waals surface area contributed by atoms with Gasteiger partial charge in [-0.3, -0.25) is 14.2 Å².